The van der Waals surface area contributed by atoms with Gasteiger partial charge in [0.05, 0.1) is 7.11 Å². The molecule has 2 aromatic carbocycles. The molecule has 0 spiro atoms. The molecule has 2 atom stereocenters. The fourth-order valence-corrected chi connectivity index (χ4v) is 3.44. The fraction of sp³-hybridized carbons (Fsp3) is 0.462. The third-order valence-electron chi connectivity index (χ3n) is 5.65. The average Bonchev–Trinajstić information content (AvgIpc) is 2.78. The predicted octanol–water partition coefficient (Wildman–Crippen LogP) is 4.66. The van der Waals surface area contributed by atoms with Gasteiger partial charge in [0, 0.05) is 19.0 Å². The van der Waals surface area contributed by atoms with Crippen LogP contribution in [0.2, 0.25) is 0 Å². The van der Waals surface area contributed by atoms with E-state index in [9.17, 15) is 9.59 Å². The van der Waals surface area contributed by atoms with Gasteiger partial charge in [0.25, 0.3) is 0 Å². The molecular weight excluding hydrogens is 388 g/mol. The summed E-state index contributed by atoms with van der Waals surface area (Å²) in [6.45, 7) is 8.41. The second kappa shape index (κ2) is 12.1. The Morgan fingerprint density at radius 3 is 2.13 bits per heavy atom. The summed E-state index contributed by atoms with van der Waals surface area (Å²) >= 11 is 0. The van der Waals surface area contributed by atoms with E-state index in [-0.39, 0.29) is 17.9 Å². The lowest BCUT2D eigenvalue weighted by atomic mass is 10.0. The van der Waals surface area contributed by atoms with Crippen LogP contribution in [0.4, 0.5) is 0 Å². The largest absolute Gasteiger partial charge is 0.497 e. The van der Waals surface area contributed by atoms with Crippen LogP contribution in [0.3, 0.4) is 0 Å². The molecule has 5 heteroatoms. The van der Waals surface area contributed by atoms with Gasteiger partial charge in [-0.3, -0.25) is 9.59 Å². The van der Waals surface area contributed by atoms with Gasteiger partial charge in [-0.25, -0.2) is 0 Å². The van der Waals surface area contributed by atoms with Crippen molar-refractivity contribution in [2.75, 3.05) is 7.11 Å². The maximum Gasteiger partial charge on any atom is 0.243 e. The molecule has 0 fully saturated rings. The van der Waals surface area contributed by atoms with Gasteiger partial charge in [-0.05, 0) is 56.4 Å². The standard InChI is InChI=1S/C26H36N2O3/c1-6-20(4)27-26(30)24(7-2)28(18-22-12-15-23(31-5)16-13-22)25(29)17-14-21-10-8-19(3)9-11-21/h8-13,15-16,20,24H,6-7,14,17-18H2,1-5H3,(H,27,30)/t20-,24+/m0/s1. The van der Waals surface area contributed by atoms with E-state index in [1.54, 1.807) is 12.0 Å². The van der Waals surface area contributed by atoms with E-state index < -0.39 is 6.04 Å². The number of ether oxygens (including phenoxy) is 1. The Morgan fingerprint density at radius 1 is 0.968 bits per heavy atom. The zero-order chi connectivity index (χ0) is 22.8. The second-order valence-electron chi connectivity index (χ2n) is 8.10. The average molecular weight is 425 g/mol. The van der Waals surface area contributed by atoms with Crippen molar-refractivity contribution < 1.29 is 14.3 Å². The Balaban J connectivity index is 2.20. The molecule has 0 saturated heterocycles. The number of rotatable bonds is 11. The maximum atomic E-state index is 13.3. The maximum absolute atomic E-state index is 13.3. The minimum absolute atomic E-state index is 0.0115. The van der Waals surface area contributed by atoms with Gasteiger partial charge in [-0.15, -0.1) is 0 Å². The van der Waals surface area contributed by atoms with Gasteiger partial charge in [0.2, 0.25) is 11.8 Å². The van der Waals surface area contributed by atoms with Crippen molar-refractivity contribution in [1.29, 1.82) is 0 Å². The lowest BCUT2D eigenvalue weighted by Gasteiger charge is -2.31. The minimum atomic E-state index is -0.499. The summed E-state index contributed by atoms with van der Waals surface area (Å²) in [5.41, 5.74) is 3.30. The first-order valence-corrected chi connectivity index (χ1v) is 11.2. The SMILES string of the molecule is CC[C@H](C(=O)N[C@@H](C)CC)N(Cc1ccc(OC)cc1)C(=O)CCc1ccc(C)cc1. The van der Waals surface area contributed by atoms with Crippen molar-refractivity contribution in [3.63, 3.8) is 0 Å². The Kier molecular flexibility index (Phi) is 9.57. The van der Waals surface area contributed by atoms with E-state index in [1.807, 2.05) is 52.0 Å². The minimum Gasteiger partial charge on any atom is -0.497 e. The molecule has 0 radical (unpaired) electrons. The molecule has 31 heavy (non-hydrogen) atoms. The number of nitrogens with one attached hydrogen (secondary N) is 1. The van der Waals surface area contributed by atoms with E-state index in [0.717, 1.165) is 23.3 Å². The summed E-state index contributed by atoms with van der Waals surface area (Å²) in [5, 5.41) is 3.05. The molecule has 0 saturated carbocycles. The third kappa shape index (κ3) is 7.42. The van der Waals surface area contributed by atoms with E-state index in [0.29, 0.717) is 25.8 Å². The van der Waals surface area contributed by atoms with Crippen LogP contribution >= 0.6 is 0 Å². The molecule has 2 rings (SSSR count). The number of hydrogen-bond donors (Lipinski definition) is 1. The van der Waals surface area contributed by atoms with Crippen LogP contribution in [0.1, 0.15) is 56.7 Å². The third-order valence-corrected chi connectivity index (χ3v) is 5.65. The quantitative estimate of drug-likeness (QED) is 0.571. The van der Waals surface area contributed by atoms with Crippen molar-refractivity contribution in [2.24, 2.45) is 0 Å². The van der Waals surface area contributed by atoms with Crippen molar-refractivity contribution >= 4 is 11.8 Å². The molecule has 1 N–H and O–H groups in total. The Labute approximate surface area is 186 Å². The van der Waals surface area contributed by atoms with E-state index in [2.05, 4.69) is 29.6 Å². The molecule has 2 amide bonds. The Morgan fingerprint density at radius 2 is 1.58 bits per heavy atom. The van der Waals surface area contributed by atoms with Gasteiger partial charge in [0.1, 0.15) is 11.8 Å². The molecule has 0 aliphatic carbocycles. The highest BCUT2D eigenvalue weighted by Crippen LogP contribution is 2.18. The van der Waals surface area contributed by atoms with Crippen LogP contribution in [-0.2, 0) is 22.6 Å². The monoisotopic (exact) mass is 424 g/mol. The first-order valence-electron chi connectivity index (χ1n) is 11.2. The van der Waals surface area contributed by atoms with Gasteiger partial charge in [0.15, 0.2) is 0 Å². The Bertz CT molecular complexity index is 831. The molecular formula is C26H36N2O3. The highest BCUT2D eigenvalue weighted by Gasteiger charge is 2.29. The summed E-state index contributed by atoms with van der Waals surface area (Å²) in [5.74, 6) is 0.666. The van der Waals surface area contributed by atoms with E-state index >= 15 is 0 Å². The van der Waals surface area contributed by atoms with Gasteiger partial charge in [-0.1, -0.05) is 55.8 Å². The van der Waals surface area contributed by atoms with Crippen molar-refractivity contribution in [2.45, 2.75) is 72.0 Å². The van der Waals surface area contributed by atoms with Crippen LogP contribution in [0.5, 0.6) is 5.75 Å². The summed E-state index contributed by atoms with van der Waals surface area (Å²) in [4.78, 5) is 28.0. The smallest absolute Gasteiger partial charge is 0.243 e. The summed E-state index contributed by atoms with van der Waals surface area (Å²) in [7, 11) is 1.63. The van der Waals surface area contributed by atoms with Crippen LogP contribution in [-0.4, -0.2) is 35.9 Å². The number of methoxy groups -OCH3 is 1. The first kappa shape index (κ1) is 24.4. The zero-order valence-corrected chi connectivity index (χ0v) is 19.5. The summed E-state index contributed by atoms with van der Waals surface area (Å²) in [6, 6.07) is 15.5. The molecule has 0 aliphatic rings. The van der Waals surface area contributed by atoms with Crippen LogP contribution in [0.15, 0.2) is 48.5 Å². The molecule has 0 bridgehead atoms. The van der Waals surface area contributed by atoms with Gasteiger partial charge < -0.3 is 15.0 Å². The van der Waals surface area contributed by atoms with Crippen LogP contribution in [0.25, 0.3) is 0 Å². The van der Waals surface area contributed by atoms with Crippen LogP contribution in [0, 0.1) is 6.92 Å². The predicted molar refractivity (Wildman–Crippen MR) is 125 cm³/mol. The highest BCUT2D eigenvalue weighted by molar-refractivity contribution is 5.87. The van der Waals surface area contributed by atoms with Crippen LogP contribution < -0.4 is 10.1 Å². The molecule has 0 aromatic heterocycles. The first-order chi connectivity index (χ1) is 14.9. The summed E-state index contributed by atoms with van der Waals surface area (Å²) < 4.78 is 5.24. The number of carbonyl (C=O) groups excluding carboxylic acids is 2. The van der Waals surface area contributed by atoms with E-state index in [4.69, 9.17) is 4.74 Å². The normalized spacial score (nSPS) is 12.7. The van der Waals surface area contributed by atoms with E-state index in [1.165, 1.54) is 5.56 Å². The number of amides is 2. The fourth-order valence-electron chi connectivity index (χ4n) is 3.44. The van der Waals surface area contributed by atoms with Crippen molar-refractivity contribution in [1.82, 2.24) is 10.2 Å². The molecule has 0 heterocycles. The molecule has 168 valence electrons. The lowest BCUT2D eigenvalue weighted by Crippen LogP contribution is -2.50. The zero-order valence-electron chi connectivity index (χ0n) is 19.5. The number of benzene rings is 2. The molecule has 0 unspecified atom stereocenters. The number of aryl methyl sites for hydroxylation is 2. The topological polar surface area (TPSA) is 58.6 Å². The van der Waals surface area contributed by atoms with Crippen molar-refractivity contribution in [3.8, 4) is 5.75 Å². The van der Waals surface area contributed by atoms with Gasteiger partial charge in [-0.2, -0.15) is 0 Å². The molecule has 5 nitrogen and oxygen atoms in total. The Hall–Kier alpha value is -2.82. The lowest BCUT2D eigenvalue weighted by molar-refractivity contribution is -0.141. The van der Waals surface area contributed by atoms with Gasteiger partial charge >= 0.3 is 0 Å². The molecule has 2 aromatic rings. The highest BCUT2D eigenvalue weighted by atomic mass is 16.5. The number of hydrogen-bond acceptors (Lipinski definition) is 3. The molecule has 0 aliphatic heterocycles. The number of nitrogens with zero attached hydrogens (tertiary/aromatic N) is 1. The summed E-state index contributed by atoms with van der Waals surface area (Å²) in [6.07, 6.45) is 2.44. The second-order valence-corrected chi connectivity index (χ2v) is 8.10. The van der Waals surface area contributed by atoms with Crippen molar-refractivity contribution in [3.05, 3.63) is 65.2 Å². The number of carbonyl (C=O) groups is 2.